The molecule has 1 aliphatic carbocycles. The van der Waals surface area contributed by atoms with Crippen LogP contribution in [-0.2, 0) is 0 Å². The molecule has 0 aliphatic heterocycles. The third kappa shape index (κ3) is 2.08. The van der Waals surface area contributed by atoms with E-state index in [9.17, 15) is 4.79 Å². The van der Waals surface area contributed by atoms with E-state index >= 15 is 0 Å². The minimum absolute atomic E-state index is 0.448. The predicted octanol–water partition coefficient (Wildman–Crippen LogP) is 2.31. The van der Waals surface area contributed by atoms with Crippen molar-refractivity contribution in [2.75, 3.05) is 17.6 Å². The molecule has 96 valence electrons. The standard InChI is InChI=1S/C13H17N3O2/c14-9-6-12-11(16-13(17)18-12)7-10(9)15-5-4-8-2-1-3-8/h6-8,15H,1-5,14H2,(H,16,17). The van der Waals surface area contributed by atoms with Crippen LogP contribution in [0.1, 0.15) is 25.7 Å². The lowest BCUT2D eigenvalue weighted by Gasteiger charge is -2.25. The Kier molecular flexibility index (Phi) is 2.74. The van der Waals surface area contributed by atoms with Gasteiger partial charge in [-0.2, -0.15) is 0 Å². The van der Waals surface area contributed by atoms with Gasteiger partial charge in [0.1, 0.15) is 0 Å². The number of anilines is 2. The molecule has 1 heterocycles. The Bertz CT molecular complexity index is 610. The molecule has 1 aromatic heterocycles. The van der Waals surface area contributed by atoms with Gasteiger partial charge in [0.2, 0.25) is 0 Å². The molecule has 1 saturated carbocycles. The summed E-state index contributed by atoms with van der Waals surface area (Å²) < 4.78 is 4.95. The lowest BCUT2D eigenvalue weighted by atomic mass is 9.83. The Hall–Kier alpha value is -1.91. The number of benzene rings is 1. The van der Waals surface area contributed by atoms with Crippen LogP contribution >= 0.6 is 0 Å². The normalized spacial score (nSPS) is 15.8. The molecule has 5 heteroatoms. The van der Waals surface area contributed by atoms with Crippen molar-refractivity contribution >= 4 is 22.5 Å². The summed E-state index contributed by atoms with van der Waals surface area (Å²) in [6.45, 7) is 0.919. The van der Waals surface area contributed by atoms with Crippen LogP contribution < -0.4 is 16.8 Å². The van der Waals surface area contributed by atoms with Crippen LogP contribution in [0.3, 0.4) is 0 Å². The van der Waals surface area contributed by atoms with Crippen molar-refractivity contribution in [3.05, 3.63) is 22.7 Å². The SMILES string of the molecule is Nc1cc2oc(=O)[nH]c2cc1NCCC1CCC1. The Morgan fingerprint density at radius 3 is 3.00 bits per heavy atom. The summed E-state index contributed by atoms with van der Waals surface area (Å²) in [5.74, 6) is 0.423. The van der Waals surface area contributed by atoms with Crippen LogP contribution in [0, 0.1) is 5.92 Å². The Morgan fingerprint density at radius 1 is 1.44 bits per heavy atom. The first-order valence-electron chi connectivity index (χ1n) is 6.38. The van der Waals surface area contributed by atoms with Crippen molar-refractivity contribution < 1.29 is 4.42 Å². The van der Waals surface area contributed by atoms with Gasteiger partial charge in [-0.15, -0.1) is 0 Å². The number of hydrogen-bond donors (Lipinski definition) is 3. The lowest BCUT2D eigenvalue weighted by Crippen LogP contribution is -2.16. The molecule has 2 aromatic rings. The number of aromatic nitrogens is 1. The van der Waals surface area contributed by atoms with Crippen molar-refractivity contribution in [1.29, 1.82) is 0 Å². The smallest absolute Gasteiger partial charge is 0.408 e. The van der Waals surface area contributed by atoms with Gasteiger partial charge in [-0.1, -0.05) is 19.3 Å². The van der Waals surface area contributed by atoms with Crippen molar-refractivity contribution in [3.8, 4) is 0 Å². The van der Waals surface area contributed by atoms with Gasteiger partial charge in [0.05, 0.1) is 16.9 Å². The number of oxazole rings is 1. The summed E-state index contributed by atoms with van der Waals surface area (Å²) in [4.78, 5) is 13.7. The molecule has 0 atom stereocenters. The average Bonchev–Trinajstić information content (AvgIpc) is 2.61. The second-order valence-electron chi connectivity index (χ2n) is 4.96. The minimum Gasteiger partial charge on any atom is -0.408 e. The maximum atomic E-state index is 11.1. The summed E-state index contributed by atoms with van der Waals surface area (Å²) in [6, 6.07) is 3.51. The van der Waals surface area contributed by atoms with E-state index in [2.05, 4.69) is 10.3 Å². The molecular formula is C13H17N3O2. The van der Waals surface area contributed by atoms with E-state index in [1.54, 1.807) is 6.07 Å². The van der Waals surface area contributed by atoms with Crippen LogP contribution in [0.2, 0.25) is 0 Å². The van der Waals surface area contributed by atoms with E-state index in [0.29, 0.717) is 16.8 Å². The molecule has 0 amide bonds. The largest absolute Gasteiger partial charge is 0.417 e. The molecule has 0 spiro atoms. The number of nitrogen functional groups attached to an aromatic ring is 1. The molecular weight excluding hydrogens is 230 g/mol. The molecule has 18 heavy (non-hydrogen) atoms. The van der Waals surface area contributed by atoms with Crippen LogP contribution in [0.25, 0.3) is 11.1 Å². The second-order valence-corrected chi connectivity index (χ2v) is 4.96. The fourth-order valence-electron chi connectivity index (χ4n) is 2.36. The number of nitrogens with two attached hydrogens (primary N) is 1. The summed E-state index contributed by atoms with van der Waals surface area (Å²) >= 11 is 0. The van der Waals surface area contributed by atoms with E-state index in [1.807, 2.05) is 6.07 Å². The number of hydrogen-bond acceptors (Lipinski definition) is 4. The zero-order chi connectivity index (χ0) is 12.5. The molecule has 3 rings (SSSR count). The van der Waals surface area contributed by atoms with Gasteiger partial charge in [0.15, 0.2) is 5.58 Å². The van der Waals surface area contributed by atoms with Crippen LogP contribution in [0.15, 0.2) is 21.3 Å². The number of nitrogens with one attached hydrogen (secondary N) is 2. The molecule has 1 aliphatic rings. The molecule has 5 nitrogen and oxygen atoms in total. The van der Waals surface area contributed by atoms with Crippen molar-refractivity contribution in [2.24, 2.45) is 5.92 Å². The first-order chi connectivity index (χ1) is 8.72. The molecule has 0 unspecified atom stereocenters. The Balaban J connectivity index is 1.73. The highest BCUT2D eigenvalue weighted by Crippen LogP contribution is 2.30. The number of rotatable bonds is 4. The van der Waals surface area contributed by atoms with E-state index in [0.717, 1.165) is 18.2 Å². The second kappa shape index (κ2) is 4.40. The Morgan fingerprint density at radius 2 is 2.28 bits per heavy atom. The predicted molar refractivity (Wildman–Crippen MR) is 71.7 cm³/mol. The van der Waals surface area contributed by atoms with Crippen LogP contribution in [0.5, 0.6) is 0 Å². The monoisotopic (exact) mass is 247 g/mol. The fraction of sp³-hybridized carbons (Fsp3) is 0.462. The first kappa shape index (κ1) is 11.2. The number of H-pyrrole nitrogens is 1. The quantitative estimate of drug-likeness (QED) is 0.724. The number of aromatic amines is 1. The summed E-state index contributed by atoms with van der Waals surface area (Å²) in [6.07, 6.45) is 5.25. The summed E-state index contributed by atoms with van der Waals surface area (Å²) in [7, 11) is 0. The van der Waals surface area contributed by atoms with Gasteiger partial charge in [0, 0.05) is 12.6 Å². The highest BCUT2D eigenvalue weighted by Gasteiger charge is 2.16. The van der Waals surface area contributed by atoms with Gasteiger partial charge in [0.25, 0.3) is 0 Å². The van der Waals surface area contributed by atoms with Gasteiger partial charge in [-0.25, -0.2) is 4.79 Å². The third-order valence-electron chi connectivity index (χ3n) is 3.68. The summed E-state index contributed by atoms with van der Waals surface area (Å²) in [5.41, 5.74) is 8.57. The van der Waals surface area contributed by atoms with Gasteiger partial charge < -0.3 is 15.5 Å². The zero-order valence-electron chi connectivity index (χ0n) is 10.2. The van der Waals surface area contributed by atoms with E-state index < -0.39 is 5.76 Å². The minimum atomic E-state index is -0.448. The van der Waals surface area contributed by atoms with E-state index in [4.69, 9.17) is 10.2 Å². The van der Waals surface area contributed by atoms with Crippen molar-refractivity contribution in [3.63, 3.8) is 0 Å². The van der Waals surface area contributed by atoms with E-state index in [-0.39, 0.29) is 0 Å². The zero-order valence-corrected chi connectivity index (χ0v) is 10.2. The van der Waals surface area contributed by atoms with Crippen molar-refractivity contribution in [1.82, 2.24) is 4.98 Å². The highest BCUT2D eigenvalue weighted by molar-refractivity contribution is 5.85. The van der Waals surface area contributed by atoms with Crippen molar-refractivity contribution in [2.45, 2.75) is 25.7 Å². The van der Waals surface area contributed by atoms with E-state index in [1.165, 1.54) is 25.7 Å². The first-order valence-corrected chi connectivity index (χ1v) is 6.38. The molecule has 0 bridgehead atoms. The highest BCUT2D eigenvalue weighted by atomic mass is 16.4. The van der Waals surface area contributed by atoms with Gasteiger partial charge in [-0.05, 0) is 18.4 Å². The molecule has 1 aromatic carbocycles. The number of fused-ring (bicyclic) bond motifs is 1. The Labute approximate surface area is 104 Å². The maximum absolute atomic E-state index is 11.1. The topological polar surface area (TPSA) is 84.0 Å². The maximum Gasteiger partial charge on any atom is 0.417 e. The lowest BCUT2D eigenvalue weighted by molar-refractivity contribution is 0.303. The molecule has 1 fully saturated rings. The fourth-order valence-corrected chi connectivity index (χ4v) is 2.36. The summed E-state index contributed by atoms with van der Waals surface area (Å²) in [5, 5.41) is 3.32. The van der Waals surface area contributed by atoms with Crippen LogP contribution in [0.4, 0.5) is 11.4 Å². The van der Waals surface area contributed by atoms with Gasteiger partial charge in [-0.3, -0.25) is 4.98 Å². The average molecular weight is 247 g/mol. The van der Waals surface area contributed by atoms with Crippen LogP contribution in [-0.4, -0.2) is 11.5 Å². The van der Waals surface area contributed by atoms with Gasteiger partial charge >= 0.3 is 5.76 Å². The third-order valence-corrected chi connectivity index (χ3v) is 3.68. The molecule has 4 N–H and O–H groups in total. The molecule has 0 saturated heterocycles. The molecule has 0 radical (unpaired) electrons.